The number of rotatable bonds is 2. The largest absolute Gasteiger partial charge is 0.331 e. The number of halogens is 1. The van der Waals surface area contributed by atoms with E-state index >= 15 is 0 Å². The molecule has 0 radical (unpaired) electrons. The predicted molar refractivity (Wildman–Crippen MR) is 77.4 cm³/mol. The summed E-state index contributed by atoms with van der Waals surface area (Å²) in [5.74, 6) is -0.203. The van der Waals surface area contributed by atoms with Gasteiger partial charge in [-0.2, -0.15) is 0 Å². The SMILES string of the molecule is Cc1ccc2c(c1)[nH]c(=S)n2Cc1ccccc1F. The molecule has 0 fully saturated rings. The zero-order valence-electron chi connectivity index (χ0n) is 10.5. The second kappa shape index (κ2) is 4.63. The molecule has 0 amide bonds. The first-order valence-corrected chi connectivity index (χ1v) is 6.48. The van der Waals surface area contributed by atoms with Crippen LogP contribution in [-0.2, 0) is 6.54 Å². The molecule has 0 aliphatic carbocycles. The molecule has 19 heavy (non-hydrogen) atoms. The topological polar surface area (TPSA) is 20.7 Å². The first-order valence-electron chi connectivity index (χ1n) is 6.08. The van der Waals surface area contributed by atoms with E-state index in [0.29, 0.717) is 16.9 Å². The van der Waals surface area contributed by atoms with Gasteiger partial charge in [0, 0.05) is 5.56 Å². The number of nitrogens with zero attached hydrogens (tertiary/aromatic N) is 1. The van der Waals surface area contributed by atoms with Crippen LogP contribution in [0.5, 0.6) is 0 Å². The normalized spacial score (nSPS) is 11.1. The Bertz CT molecular complexity index is 801. The lowest BCUT2D eigenvalue weighted by atomic mass is 10.2. The summed E-state index contributed by atoms with van der Waals surface area (Å²) in [5.41, 5.74) is 3.79. The van der Waals surface area contributed by atoms with Crippen molar-refractivity contribution >= 4 is 23.3 Å². The molecule has 0 saturated carbocycles. The van der Waals surface area contributed by atoms with Crippen LogP contribution in [-0.4, -0.2) is 9.55 Å². The highest BCUT2D eigenvalue weighted by Gasteiger charge is 2.07. The van der Waals surface area contributed by atoms with Gasteiger partial charge in [-0.15, -0.1) is 0 Å². The van der Waals surface area contributed by atoms with Gasteiger partial charge in [0.2, 0.25) is 0 Å². The quantitative estimate of drug-likeness (QED) is 0.694. The second-order valence-corrected chi connectivity index (χ2v) is 5.02. The van der Waals surface area contributed by atoms with Crippen molar-refractivity contribution in [3.05, 3.63) is 64.2 Å². The Labute approximate surface area is 115 Å². The molecule has 0 aliphatic rings. The van der Waals surface area contributed by atoms with Crippen LogP contribution in [0.15, 0.2) is 42.5 Å². The van der Waals surface area contributed by atoms with E-state index in [1.807, 2.05) is 35.8 Å². The average molecular weight is 272 g/mol. The van der Waals surface area contributed by atoms with E-state index in [1.165, 1.54) is 11.6 Å². The number of fused-ring (bicyclic) bond motifs is 1. The number of hydrogen-bond acceptors (Lipinski definition) is 1. The van der Waals surface area contributed by atoms with E-state index in [0.717, 1.165) is 11.0 Å². The third kappa shape index (κ3) is 2.19. The van der Waals surface area contributed by atoms with Gasteiger partial charge in [0.1, 0.15) is 5.82 Å². The minimum Gasteiger partial charge on any atom is -0.331 e. The Kier molecular flexibility index (Phi) is 2.95. The van der Waals surface area contributed by atoms with Gasteiger partial charge in [0.15, 0.2) is 4.77 Å². The maximum absolute atomic E-state index is 13.7. The van der Waals surface area contributed by atoms with Gasteiger partial charge >= 0.3 is 0 Å². The molecule has 1 aromatic heterocycles. The lowest BCUT2D eigenvalue weighted by molar-refractivity contribution is 0.600. The predicted octanol–water partition coefficient (Wildman–Crippen LogP) is 4.19. The Morgan fingerprint density at radius 3 is 2.79 bits per heavy atom. The minimum absolute atomic E-state index is 0.203. The summed E-state index contributed by atoms with van der Waals surface area (Å²) >= 11 is 5.32. The van der Waals surface area contributed by atoms with E-state index in [1.54, 1.807) is 12.1 Å². The Morgan fingerprint density at radius 1 is 1.21 bits per heavy atom. The third-order valence-corrected chi connectivity index (χ3v) is 3.54. The summed E-state index contributed by atoms with van der Waals surface area (Å²) in [7, 11) is 0. The monoisotopic (exact) mass is 272 g/mol. The molecule has 0 spiro atoms. The van der Waals surface area contributed by atoms with Crippen LogP contribution in [0, 0.1) is 17.5 Å². The van der Waals surface area contributed by atoms with Gasteiger partial charge in [-0.25, -0.2) is 4.39 Å². The van der Waals surface area contributed by atoms with Crippen LogP contribution in [0.3, 0.4) is 0 Å². The molecule has 1 N–H and O–H groups in total. The van der Waals surface area contributed by atoms with Crippen molar-refractivity contribution in [2.75, 3.05) is 0 Å². The molecule has 0 aliphatic heterocycles. The maximum Gasteiger partial charge on any atom is 0.178 e. The highest BCUT2D eigenvalue weighted by atomic mass is 32.1. The van der Waals surface area contributed by atoms with Crippen LogP contribution in [0.4, 0.5) is 4.39 Å². The van der Waals surface area contributed by atoms with Crippen LogP contribution < -0.4 is 0 Å². The molecule has 3 rings (SSSR count). The number of nitrogens with one attached hydrogen (secondary N) is 1. The summed E-state index contributed by atoms with van der Waals surface area (Å²) in [6.07, 6.45) is 0. The van der Waals surface area contributed by atoms with E-state index in [-0.39, 0.29) is 5.82 Å². The van der Waals surface area contributed by atoms with Crippen molar-refractivity contribution in [1.82, 2.24) is 9.55 Å². The lowest BCUT2D eigenvalue weighted by Crippen LogP contribution is -2.01. The fourth-order valence-corrected chi connectivity index (χ4v) is 2.50. The zero-order chi connectivity index (χ0) is 13.4. The van der Waals surface area contributed by atoms with Crippen molar-refractivity contribution < 1.29 is 4.39 Å². The minimum atomic E-state index is -0.203. The first kappa shape index (κ1) is 12.1. The molecule has 96 valence electrons. The summed E-state index contributed by atoms with van der Waals surface area (Å²) in [5, 5.41) is 0. The number of aryl methyl sites for hydroxylation is 1. The van der Waals surface area contributed by atoms with Crippen LogP contribution in [0.1, 0.15) is 11.1 Å². The van der Waals surface area contributed by atoms with Crippen LogP contribution >= 0.6 is 12.2 Å². The van der Waals surface area contributed by atoms with Gasteiger partial charge in [0.25, 0.3) is 0 Å². The molecular formula is C15H13FN2S. The summed E-state index contributed by atoms with van der Waals surface area (Å²) in [6, 6.07) is 12.9. The molecule has 4 heteroatoms. The summed E-state index contributed by atoms with van der Waals surface area (Å²) in [4.78, 5) is 3.16. The van der Waals surface area contributed by atoms with Crippen molar-refractivity contribution in [1.29, 1.82) is 0 Å². The molecular weight excluding hydrogens is 259 g/mol. The number of aromatic nitrogens is 2. The molecule has 0 unspecified atom stereocenters. The highest BCUT2D eigenvalue weighted by molar-refractivity contribution is 7.71. The second-order valence-electron chi connectivity index (χ2n) is 4.63. The molecule has 1 heterocycles. The van der Waals surface area contributed by atoms with E-state index in [9.17, 15) is 4.39 Å². The van der Waals surface area contributed by atoms with Gasteiger partial charge < -0.3 is 9.55 Å². The van der Waals surface area contributed by atoms with E-state index in [4.69, 9.17) is 12.2 Å². The zero-order valence-corrected chi connectivity index (χ0v) is 11.3. The summed E-state index contributed by atoms with van der Waals surface area (Å²) < 4.78 is 16.3. The summed E-state index contributed by atoms with van der Waals surface area (Å²) in [6.45, 7) is 2.47. The van der Waals surface area contributed by atoms with Gasteiger partial charge in [-0.3, -0.25) is 0 Å². The van der Waals surface area contributed by atoms with E-state index in [2.05, 4.69) is 4.98 Å². The number of benzene rings is 2. The molecule has 2 nitrogen and oxygen atoms in total. The van der Waals surface area contributed by atoms with Crippen molar-refractivity contribution in [3.63, 3.8) is 0 Å². The first-order chi connectivity index (χ1) is 9.15. The molecule has 0 bridgehead atoms. The molecule has 3 aromatic rings. The number of H-pyrrole nitrogens is 1. The maximum atomic E-state index is 13.7. The molecule has 0 atom stereocenters. The van der Waals surface area contributed by atoms with Crippen molar-refractivity contribution in [3.8, 4) is 0 Å². The fraction of sp³-hybridized carbons (Fsp3) is 0.133. The van der Waals surface area contributed by atoms with Crippen molar-refractivity contribution in [2.24, 2.45) is 0 Å². The third-order valence-electron chi connectivity index (χ3n) is 3.22. The fourth-order valence-electron chi connectivity index (χ4n) is 2.23. The van der Waals surface area contributed by atoms with Crippen molar-refractivity contribution in [2.45, 2.75) is 13.5 Å². The van der Waals surface area contributed by atoms with Gasteiger partial charge in [-0.05, 0) is 42.9 Å². The average Bonchev–Trinajstić information content (AvgIpc) is 2.68. The van der Waals surface area contributed by atoms with Crippen LogP contribution in [0.25, 0.3) is 11.0 Å². The lowest BCUT2D eigenvalue weighted by Gasteiger charge is -2.06. The Hall–Kier alpha value is -1.94. The van der Waals surface area contributed by atoms with E-state index < -0.39 is 0 Å². The van der Waals surface area contributed by atoms with Gasteiger partial charge in [0.05, 0.1) is 17.6 Å². The number of imidazole rings is 1. The number of aromatic amines is 1. The van der Waals surface area contributed by atoms with Gasteiger partial charge in [-0.1, -0.05) is 24.3 Å². The number of hydrogen-bond donors (Lipinski definition) is 1. The molecule has 2 aromatic carbocycles. The standard InChI is InChI=1S/C15H13FN2S/c1-10-6-7-14-13(8-10)17-15(19)18(14)9-11-4-2-3-5-12(11)16/h2-8H,9H2,1H3,(H,17,19). The Balaban J connectivity index is 2.13. The highest BCUT2D eigenvalue weighted by Crippen LogP contribution is 2.18. The Morgan fingerprint density at radius 2 is 2.00 bits per heavy atom. The molecule has 0 saturated heterocycles. The van der Waals surface area contributed by atoms with Crippen LogP contribution in [0.2, 0.25) is 0 Å². The smallest absolute Gasteiger partial charge is 0.178 e.